The fourth-order valence-electron chi connectivity index (χ4n) is 1.94. The molecule has 1 heterocycles. The standard InChI is InChI=1S/C11H13N3O3/c12-9-4-3-8(7-10(9)14(16)17)11(15)13-5-1-2-6-13/h3-4,7H,1-2,5-6,12H2. The van der Waals surface area contributed by atoms with Crippen molar-refractivity contribution < 1.29 is 9.72 Å². The Balaban J connectivity index is 2.29. The number of amides is 1. The van der Waals surface area contributed by atoms with Gasteiger partial charge in [0, 0.05) is 24.7 Å². The van der Waals surface area contributed by atoms with Crippen LogP contribution in [0.5, 0.6) is 0 Å². The topological polar surface area (TPSA) is 89.5 Å². The van der Waals surface area contributed by atoms with E-state index >= 15 is 0 Å². The fourth-order valence-corrected chi connectivity index (χ4v) is 1.94. The molecule has 0 radical (unpaired) electrons. The Hall–Kier alpha value is -2.11. The smallest absolute Gasteiger partial charge is 0.292 e. The maximum absolute atomic E-state index is 12.0. The molecule has 0 atom stereocenters. The van der Waals surface area contributed by atoms with Crippen LogP contribution in [0.1, 0.15) is 23.2 Å². The number of hydrogen-bond donors (Lipinski definition) is 1. The Kier molecular flexibility index (Phi) is 2.95. The van der Waals surface area contributed by atoms with Crippen LogP contribution in [-0.2, 0) is 0 Å². The molecule has 0 spiro atoms. The van der Waals surface area contributed by atoms with Gasteiger partial charge in [0.05, 0.1) is 4.92 Å². The summed E-state index contributed by atoms with van der Waals surface area (Å²) in [7, 11) is 0. The van der Waals surface area contributed by atoms with E-state index in [1.807, 2.05) is 0 Å². The molecule has 1 aliphatic rings. The highest BCUT2D eigenvalue weighted by molar-refractivity contribution is 5.95. The molecule has 1 aliphatic heterocycles. The van der Waals surface area contributed by atoms with Crippen LogP contribution < -0.4 is 5.73 Å². The Morgan fingerprint density at radius 2 is 2.00 bits per heavy atom. The Morgan fingerprint density at radius 1 is 1.35 bits per heavy atom. The molecule has 1 aromatic rings. The van der Waals surface area contributed by atoms with Crippen molar-refractivity contribution in [3.8, 4) is 0 Å². The largest absolute Gasteiger partial charge is 0.393 e. The number of hydrogen-bond acceptors (Lipinski definition) is 4. The van der Waals surface area contributed by atoms with Crippen molar-refractivity contribution in [1.29, 1.82) is 0 Å². The van der Waals surface area contributed by atoms with E-state index in [0.717, 1.165) is 25.9 Å². The first-order valence-corrected chi connectivity index (χ1v) is 5.43. The summed E-state index contributed by atoms with van der Waals surface area (Å²) in [6, 6.07) is 4.18. The average Bonchev–Trinajstić information content (AvgIpc) is 2.81. The number of nitro groups is 1. The summed E-state index contributed by atoms with van der Waals surface area (Å²) in [4.78, 5) is 23.8. The van der Waals surface area contributed by atoms with Gasteiger partial charge in [-0.05, 0) is 25.0 Å². The fraction of sp³-hybridized carbons (Fsp3) is 0.364. The number of benzene rings is 1. The van der Waals surface area contributed by atoms with Gasteiger partial charge in [-0.15, -0.1) is 0 Å². The van der Waals surface area contributed by atoms with E-state index < -0.39 is 4.92 Å². The molecular weight excluding hydrogens is 222 g/mol. The number of rotatable bonds is 2. The van der Waals surface area contributed by atoms with Crippen molar-refractivity contribution in [3.05, 3.63) is 33.9 Å². The van der Waals surface area contributed by atoms with Gasteiger partial charge in [-0.1, -0.05) is 0 Å². The number of likely N-dealkylation sites (tertiary alicyclic amines) is 1. The van der Waals surface area contributed by atoms with Crippen LogP contribution in [-0.4, -0.2) is 28.8 Å². The molecule has 1 fully saturated rings. The van der Waals surface area contributed by atoms with Gasteiger partial charge in [0.25, 0.3) is 11.6 Å². The van der Waals surface area contributed by atoms with Gasteiger partial charge in [-0.3, -0.25) is 14.9 Å². The zero-order valence-electron chi connectivity index (χ0n) is 9.26. The molecule has 2 N–H and O–H groups in total. The minimum absolute atomic E-state index is 0.0768. The SMILES string of the molecule is Nc1ccc(C(=O)N2CCCC2)cc1[N+](=O)[O-]. The molecule has 0 aliphatic carbocycles. The number of nitrogens with zero attached hydrogens (tertiary/aromatic N) is 2. The molecule has 17 heavy (non-hydrogen) atoms. The molecule has 1 saturated heterocycles. The van der Waals surface area contributed by atoms with E-state index in [0.29, 0.717) is 5.56 Å². The van der Waals surface area contributed by atoms with Crippen molar-refractivity contribution in [3.63, 3.8) is 0 Å². The summed E-state index contributed by atoms with van der Waals surface area (Å²) in [6.45, 7) is 1.44. The van der Waals surface area contributed by atoms with Gasteiger partial charge in [-0.25, -0.2) is 0 Å². The lowest BCUT2D eigenvalue weighted by Crippen LogP contribution is -2.27. The normalized spacial score (nSPS) is 14.9. The van der Waals surface area contributed by atoms with Crippen molar-refractivity contribution in [2.45, 2.75) is 12.8 Å². The van der Waals surface area contributed by atoms with E-state index in [1.54, 1.807) is 4.90 Å². The van der Waals surface area contributed by atoms with E-state index in [4.69, 9.17) is 5.73 Å². The minimum atomic E-state index is -0.573. The monoisotopic (exact) mass is 235 g/mol. The summed E-state index contributed by atoms with van der Waals surface area (Å²) in [5, 5.41) is 10.7. The molecule has 90 valence electrons. The molecule has 1 aromatic carbocycles. The first-order valence-electron chi connectivity index (χ1n) is 5.43. The van der Waals surface area contributed by atoms with Crippen LogP contribution in [0.3, 0.4) is 0 Å². The molecule has 1 amide bonds. The van der Waals surface area contributed by atoms with E-state index in [2.05, 4.69) is 0 Å². The van der Waals surface area contributed by atoms with Crippen molar-refractivity contribution >= 4 is 17.3 Å². The van der Waals surface area contributed by atoms with Gasteiger partial charge >= 0.3 is 0 Å². The molecule has 0 saturated carbocycles. The van der Waals surface area contributed by atoms with E-state index in [-0.39, 0.29) is 17.3 Å². The summed E-state index contributed by atoms with van der Waals surface area (Å²) in [5.41, 5.74) is 5.67. The molecule has 2 rings (SSSR count). The number of nitro benzene ring substituents is 1. The third kappa shape index (κ3) is 2.20. The van der Waals surface area contributed by atoms with Crippen LogP contribution in [0.4, 0.5) is 11.4 Å². The number of anilines is 1. The zero-order chi connectivity index (χ0) is 12.4. The van der Waals surface area contributed by atoms with Gasteiger partial charge in [0.15, 0.2) is 0 Å². The number of nitrogens with two attached hydrogens (primary N) is 1. The maximum atomic E-state index is 12.0. The van der Waals surface area contributed by atoms with Gasteiger partial charge < -0.3 is 10.6 Å². The van der Waals surface area contributed by atoms with Gasteiger partial charge in [0.2, 0.25) is 0 Å². The van der Waals surface area contributed by atoms with Crippen molar-refractivity contribution in [2.75, 3.05) is 18.8 Å². The second-order valence-corrected chi connectivity index (χ2v) is 4.03. The van der Waals surface area contributed by atoms with Crippen molar-refractivity contribution in [2.24, 2.45) is 0 Å². The Labute approximate surface area is 98.2 Å². The number of carbonyl (C=O) groups excluding carboxylic acids is 1. The van der Waals surface area contributed by atoms with Crippen LogP contribution >= 0.6 is 0 Å². The van der Waals surface area contributed by atoms with Gasteiger partial charge in [-0.2, -0.15) is 0 Å². The Morgan fingerprint density at radius 3 is 2.59 bits per heavy atom. The second kappa shape index (κ2) is 4.40. The highest BCUT2D eigenvalue weighted by Gasteiger charge is 2.22. The predicted octanol–water partition coefficient (Wildman–Crippen LogP) is 1.41. The third-order valence-electron chi connectivity index (χ3n) is 2.87. The van der Waals surface area contributed by atoms with E-state index in [1.165, 1.54) is 18.2 Å². The summed E-state index contributed by atoms with van der Waals surface area (Å²) in [6.07, 6.45) is 1.98. The average molecular weight is 235 g/mol. The van der Waals surface area contributed by atoms with Gasteiger partial charge in [0.1, 0.15) is 5.69 Å². The van der Waals surface area contributed by atoms with Crippen LogP contribution in [0.25, 0.3) is 0 Å². The second-order valence-electron chi connectivity index (χ2n) is 4.03. The highest BCUT2D eigenvalue weighted by Crippen LogP contribution is 2.23. The zero-order valence-corrected chi connectivity index (χ0v) is 9.26. The minimum Gasteiger partial charge on any atom is -0.393 e. The molecule has 0 bridgehead atoms. The third-order valence-corrected chi connectivity index (χ3v) is 2.87. The first-order chi connectivity index (χ1) is 8.09. The molecule has 6 nitrogen and oxygen atoms in total. The lowest BCUT2D eigenvalue weighted by molar-refractivity contribution is -0.383. The molecule has 6 heteroatoms. The van der Waals surface area contributed by atoms with Crippen LogP contribution in [0.2, 0.25) is 0 Å². The summed E-state index contributed by atoms with van der Waals surface area (Å²) < 4.78 is 0. The number of nitrogen functional groups attached to an aromatic ring is 1. The predicted molar refractivity (Wildman–Crippen MR) is 62.6 cm³/mol. The lowest BCUT2D eigenvalue weighted by atomic mass is 10.1. The lowest BCUT2D eigenvalue weighted by Gasteiger charge is -2.15. The van der Waals surface area contributed by atoms with Crippen LogP contribution in [0.15, 0.2) is 18.2 Å². The summed E-state index contributed by atoms with van der Waals surface area (Å²) >= 11 is 0. The van der Waals surface area contributed by atoms with E-state index in [9.17, 15) is 14.9 Å². The highest BCUT2D eigenvalue weighted by atomic mass is 16.6. The van der Waals surface area contributed by atoms with Crippen LogP contribution in [0, 0.1) is 10.1 Å². The molecule has 0 unspecified atom stereocenters. The molecule has 0 aromatic heterocycles. The van der Waals surface area contributed by atoms with Crippen molar-refractivity contribution in [1.82, 2.24) is 4.90 Å². The first kappa shape index (κ1) is 11.4. The Bertz CT molecular complexity index is 467. The maximum Gasteiger partial charge on any atom is 0.292 e. The summed E-state index contributed by atoms with van der Waals surface area (Å²) in [5.74, 6) is -0.161. The number of carbonyl (C=O) groups is 1. The quantitative estimate of drug-likeness (QED) is 0.476. The molecular formula is C11H13N3O3.